The molecule has 1 unspecified atom stereocenters. The van der Waals surface area contributed by atoms with Crippen molar-refractivity contribution in [1.29, 1.82) is 0 Å². The SMILES string of the molecule is CC(C)[C@@H](NC(=O)c1cccc(-c2ccccc2)c1O)C(=O)N1CC[C@](O)(C2=CCC(Cl)C=C2)C(C)(C)C1. The molecule has 3 N–H and O–H groups in total. The Morgan fingerprint density at radius 1 is 1.11 bits per heavy atom. The lowest BCUT2D eigenvalue weighted by Gasteiger charge is -2.52. The average Bonchev–Trinajstić information content (AvgIpc) is 2.89. The Hall–Kier alpha value is -3.09. The molecule has 202 valence electrons. The molecule has 1 aliphatic heterocycles. The van der Waals surface area contributed by atoms with Gasteiger partial charge in [0.25, 0.3) is 5.91 Å². The predicted octanol–water partition coefficient (Wildman–Crippen LogP) is 5.30. The smallest absolute Gasteiger partial charge is 0.255 e. The molecule has 1 fully saturated rings. The van der Waals surface area contributed by atoms with Gasteiger partial charge in [-0.25, -0.2) is 0 Å². The summed E-state index contributed by atoms with van der Waals surface area (Å²) in [5.41, 5.74) is 0.598. The number of halogens is 1. The normalized spacial score (nSPS) is 23.6. The van der Waals surface area contributed by atoms with Crippen molar-refractivity contribution in [1.82, 2.24) is 10.2 Å². The molecule has 3 atom stereocenters. The van der Waals surface area contributed by atoms with Gasteiger partial charge >= 0.3 is 0 Å². The molecule has 1 aliphatic carbocycles. The molecule has 4 rings (SSSR count). The zero-order valence-corrected chi connectivity index (χ0v) is 23.2. The van der Waals surface area contributed by atoms with Crippen LogP contribution in [0.2, 0.25) is 0 Å². The van der Waals surface area contributed by atoms with Crippen molar-refractivity contribution in [3.63, 3.8) is 0 Å². The lowest BCUT2D eigenvalue weighted by Crippen LogP contribution is -2.62. The van der Waals surface area contributed by atoms with E-state index in [1.807, 2.05) is 76.3 Å². The second-order valence-corrected chi connectivity index (χ2v) is 11.8. The minimum atomic E-state index is -1.09. The van der Waals surface area contributed by atoms with E-state index in [0.29, 0.717) is 31.5 Å². The summed E-state index contributed by atoms with van der Waals surface area (Å²) in [7, 11) is 0. The maximum absolute atomic E-state index is 13.7. The summed E-state index contributed by atoms with van der Waals surface area (Å²) in [5, 5.41) is 25.4. The molecule has 0 radical (unpaired) electrons. The maximum Gasteiger partial charge on any atom is 0.255 e. The lowest BCUT2D eigenvalue weighted by atomic mass is 9.65. The molecule has 1 heterocycles. The minimum Gasteiger partial charge on any atom is -0.506 e. The van der Waals surface area contributed by atoms with Gasteiger partial charge in [0.15, 0.2) is 0 Å². The zero-order valence-electron chi connectivity index (χ0n) is 22.4. The van der Waals surface area contributed by atoms with Crippen LogP contribution in [-0.2, 0) is 4.79 Å². The van der Waals surface area contributed by atoms with Crippen LogP contribution < -0.4 is 5.32 Å². The number of phenolic OH excluding ortho intramolecular Hbond substituents is 1. The molecule has 0 spiro atoms. The lowest BCUT2D eigenvalue weighted by molar-refractivity contribution is -0.147. The number of amides is 2. The van der Waals surface area contributed by atoms with Crippen molar-refractivity contribution in [3.8, 4) is 16.9 Å². The maximum atomic E-state index is 13.7. The van der Waals surface area contributed by atoms with Gasteiger partial charge in [-0.1, -0.05) is 88.4 Å². The number of rotatable bonds is 6. The van der Waals surface area contributed by atoms with Crippen LogP contribution in [0.15, 0.2) is 72.3 Å². The van der Waals surface area contributed by atoms with Crippen molar-refractivity contribution in [2.45, 2.75) is 57.6 Å². The molecule has 7 heteroatoms. The summed E-state index contributed by atoms with van der Waals surface area (Å²) in [4.78, 5) is 28.8. The number of carbonyl (C=O) groups excluding carboxylic acids is 2. The molecule has 0 saturated carbocycles. The first-order chi connectivity index (χ1) is 17.9. The largest absolute Gasteiger partial charge is 0.506 e. The van der Waals surface area contributed by atoms with Gasteiger partial charge in [0, 0.05) is 24.1 Å². The number of nitrogens with one attached hydrogen (secondary N) is 1. The molecule has 38 heavy (non-hydrogen) atoms. The molecular weight excluding hydrogens is 500 g/mol. The Balaban J connectivity index is 1.52. The molecule has 2 aliphatic rings. The number of hydrogen-bond donors (Lipinski definition) is 3. The second-order valence-electron chi connectivity index (χ2n) is 11.3. The highest BCUT2D eigenvalue weighted by Crippen LogP contribution is 2.45. The first-order valence-corrected chi connectivity index (χ1v) is 13.6. The zero-order chi connectivity index (χ0) is 27.7. The molecule has 2 aromatic carbocycles. The predicted molar refractivity (Wildman–Crippen MR) is 151 cm³/mol. The van der Waals surface area contributed by atoms with Gasteiger partial charge in [-0.3, -0.25) is 9.59 Å². The van der Waals surface area contributed by atoms with Gasteiger partial charge in [-0.15, -0.1) is 11.6 Å². The standard InChI is InChI=1S/C31H37ClN2O4/c1-20(2)26(33-28(36)25-12-8-11-24(27(25)35)21-9-6-5-7-10-21)29(37)34-18-17-31(38,30(3,4)19-34)22-13-15-23(32)16-14-22/h5-15,20,23,26,35,38H,16-19H2,1-4H3,(H,33,36)/t23?,26-,31+/m1/s1. The minimum absolute atomic E-state index is 0.0737. The molecule has 0 aromatic heterocycles. The molecule has 0 bridgehead atoms. The number of phenols is 1. The van der Waals surface area contributed by atoms with E-state index in [0.717, 1.165) is 11.1 Å². The number of carbonyl (C=O) groups is 2. The van der Waals surface area contributed by atoms with E-state index in [-0.39, 0.29) is 28.5 Å². The summed E-state index contributed by atoms with van der Waals surface area (Å²) in [6.45, 7) is 8.39. The number of nitrogens with zero attached hydrogens (tertiary/aromatic N) is 1. The van der Waals surface area contributed by atoms with Crippen molar-refractivity contribution >= 4 is 23.4 Å². The van der Waals surface area contributed by atoms with Crippen LogP contribution in [0.3, 0.4) is 0 Å². The van der Waals surface area contributed by atoms with Crippen LogP contribution in [-0.4, -0.2) is 57.0 Å². The van der Waals surface area contributed by atoms with E-state index in [1.165, 1.54) is 0 Å². The number of aliphatic hydroxyl groups is 1. The van der Waals surface area contributed by atoms with Crippen LogP contribution in [0.1, 0.15) is 50.9 Å². The molecule has 1 saturated heterocycles. The molecular formula is C31H37ClN2O4. The number of allylic oxidation sites excluding steroid dienone is 2. The number of likely N-dealkylation sites (tertiary alicyclic amines) is 1. The fourth-order valence-electron chi connectivity index (χ4n) is 5.45. The summed E-state index contributed by atoms with van der Waals surface area (Å²) in [5.74, 6) is -1.01. The summed E-state index contributed by atoms with van der Waals surface area (Å²) < 4.78 is 0. The van der Waals surface area contributed by atoms with Gasteiger partial charge < -0.3 is 20.4 Å². The fraction of sp³-hybridized carbons (Fsp3) is 0.419. The molecule has 2 amide bonds. The highest BCUT2D eigenvalue weighted by atomic mass is 35.5. The average molecular weight is 537 g/mol. The van der Waals surface area contributed by atoms with Crippen molar-refractivity contribution in [2.24, 2.45) is 11.3 Å². The number of piperidine rings is 1. The highest BCUT2D eigenvalue weighted by molar-refractivity contribution is 6.22. The summed E-state index contributed by atoms with van der Waals surface area (Å²) in [6, 6.07) is 13.6. The summed E-state index contributed by atoms with van der Waals surface area (Å²) >= 11 is 6.19. The number of para-hydroxylation sites is 1. The van der Waals surface area contributed by atoms with Crippen LogP contribution in [0, 0.1) is 11.3 Å². The number of aromatic hydroxyl groups is 1. The topological polar surface area (TPSA) is 89.9 Å². The van der Waals surface area contributed by atoms with Crippen molar-refractivity contribution < 1.29 is 19.8 Å². The van der Waals surface area contributed by atoms with E-state index in [2.05, 4.69) is 5.32 Å². The van der Waals surface area contributed by atoms with Crippen molar-refractivity contribution in [3.05, 3.63) is 77.9 Å². The second kappa shape index (κ2) is 11.0. The monoisotopic (exact) mass is 536 g/mol. The number of hydrogen-bond acceptors (Lipinski definition) is 4. The first-order valence-electron chi connectivity index (χ1n) is 13.2. The number of alkyl halides is 1. The van der Waals surface area contributed by atoms with Gasteiger partial charge in [-0.2, -0.15) is 0 Å². The quantitative estimate of drug-likeness (QED) is 0.437. The van der Waals surface area contributed by atoms with Crippen LogP contribution in [0.25, 0.3) is 11.1 Å². The van der Waals surface area contributed by atoms with Crippen LogP contribution in [0.4, 0.5) is 0 Å². The van der Waals surface area contributed by atoms with Crippen molar-refractivity contribution in [2.75, 3.05) is 13.1 Å². The third kappa shape index (κ3) is 5.38. The Morgan fingerprint density at radius 3 is 2.42 bits per heavy atom. The van der Waals surface area contributed by atoms with E-state index in [4.69, 9.17) is 11.6 Å². The Kier molecular flexibility index (Phi) is 8.05. The van der Waals surface area contributed by atoms with Crippen LogP contribution in [0.5, 0.6) is 5.75 Å². The highest BCUT2D eigenvalue weighted by Gasteiger charge is 2.51. The van der Waals surface area contributed by atoms with Gasteiger partial charge in [0.05, 0.1) is 16.5 Å². The van der Waals surface area contributed by atoms with Crippen LogP contribution >= 0.6 is 11.6 Å². The molecule has 2 aromatic rings. The van der Waals surface area contributed by atoms with Gasteiger partial charge in [0.1, 0.15) is 11.8 Å². The third-order valence-electron chi connectivity index (χ3n) is 7.87. The van der Waals surface area contributed by atoms with Gasteiger partial charge in [-0.05, 0) is 36.0 Å². The van der Waals surface area contributed by atoms with E-state index in [9.17, 15) is 19.8 Å². The van der Waals surface area contributed by atoms with Gasteiger partial charge in [0.2, 0.25) is 5.91 Å². The Bertz CT molecular complexity index is 1250. The molecule has 6 nitrogen and oxygen atoms in total. The third-order valence-corrected chi connectivity index (χ3v) is 8.19. The summed E-state index contributed by atoms with van der Waals surface area (Å²) in [6.07, 6.45) is 6.83. The van der Waals surface area contributed by atoms with E-state index < -0.39 is 23.0 Å². The van der Waals surface area contributed by atoms with E-state index in [1.54, 1.807) is 23.1 Å². The Morgan fingerprint density at radius 2 is 1.82 bits per heavy atom. The first kappa shape index (κ1) is 27.9. The number of benzene rings is 2. The Labute approximate surface area is 230 Å². The fourth-order valence-corrected chi connectivity index (χ4v) is 5.61. The van der Waals surface area contributed by atoms with E-state index >= 15 is 0 Å².